The van der Waals surface area contributed by atoms with Crippen LogP contribution in [0.3, 0.4) is 0 Å². The molecule has 0 bridgehead atoms. The Morgan fingerprint density at radius 1 is 1.19 bits per heavy atom. The van der Waals surface area contributed by atoms with Gasteiger partial charge in [0.15, 0.2) is 10.3 Å². The minimum absolute atomic E-state index is 0.00704. The maximum Gasteiger partial charge on any atom is 0.270 e. The van der Waals surface area contributed by atoms with Crippen molar-refractivity contribution in [1.29, 1.82) is 0 Å². The number of carbonyl (C=O) groups excluding carboxylic acids is 1. The van der Waals surface area contributed by atoms with E-state index in [1.165, 1.54) is 35.2 Å². The molecular formula is C21H18N6O3S2. The van der Waals surface area contributed by atoms with Gasteiger partial charge in [0.25, 0.3) is 5.69 Å². The van der Waals surface area contributed by atoms with Crippen molar-refractivity contribution in [3.63, 3.8) is 0 Å². The number of thioether (sulfide) groups is 1. The molecule has 1 N–H and O–H groups in total. The van der Waals surface area contributed by atoms with Crippen LogP contribution in [0.2, 0.25) is 0 Å². The van der Waals surface area contributed by atoms with Crippen LogP contribution in [0.4, 0.5) is 10.8 Å². The molecule has 0 aliphatic carbocycles. The first-order valence-electron chi connectivity index (χ1n) is 9.56. The summed E-state index contributed by atoms with van der Waals surface area (Å²) in [5, 5.41) is 24.9. The summed E-state index contributed by atoms with van der Waals surface area (Å²) in [6.07, 6.45) is 0. The van der Waals surface area contributed by atoms with Gasteiger partial charge in [-0.05, 0) is 12.5 Å². The summed E-state index contributed by atoms with van der Waals surface area (Å²) in [5.41, 5.74) is 2.31. The van der Waals surface area contributed by atoms with E-state index in [9.17, 15) is 14.9 Å². The largest absolute Gasteiger partial charge is 0.302 e. The van der Waals surface area contributed by atoms with E-state index in [0.29, 0.717) is 28.1 Å². The standard InChI is InChI=1S/C21H18N6O3S2/c1-14-24-25-21(26(14)11-15-6-3-2-4-7-15)32-13-19(28)23-20-22-18(12-31-20)16-8-5-9-17(10-16)27(29)30/h2-10,12H,11,13H2,1H3,(H,22,23,28). The number of hydrogen-bond acceptors (Lipinski definition) is 8. The SMILES string of the molecule is Cc1nnc(SCC(=O)Nc2nc(-c3cccc([N+](=O)[O-])c3)cs2)n1Cc1ccccc1. The molecule has 2 aromatic carbocycles. The minimum atomic E-state index is -0.450. The number of thiazole rings is 1. The van der Waals surface area contributed by atoms with Crippen LogP contribution in [0.15, 0.2) is 65.1 Å². The molecule has 4 aromatic rings. The molecular weight excluding hydrogens is 448 g/mol. The predicted molar refractivity (Wildman–Crippen MR) is 124 cm³/mol. The average Bonchev–Trinajstić information content (AvgIpc) is 3.40. The van der Waals surface area contributed by atoms with Crippen molar-refractivity contribution in [3.05, 3.63) is 81.5 Å². The normalized spacial score (nSPS) is 10.8. The molecule has 0 saturated carbocycles. The van der Waals surface area contributed by atoms with Crippen LogP contribution in [0.25, 0.3) is 11.3 Å². The van der Waals surface area contributed by atoms with Crippen molar-refractivity contribution in [1.82, 2.24) is 19.7 Å². The van der Waals surface area contributed by atoms with Crippen LogP contribution < -0.4 is 5.32 Å². The minimum Gasteiger partial charge on any atom is -0.302 e. The molecule has 0 radical (unpaired) electrons. The molecule has 0 unspecified atom stereocenters. The van der Waals surface area contributed by atoms with Gasteiger partial charge in [-0.2, -0.15) is 0 Å². The number of amides is 1. The highest BCUT2D eigenvalue weighted by molar-refractivity contribution is 7.99. The third-order valence-electron chi connectivity index (χ3n) is 4.52. The Kier molecular flexibility index (Phi) is 6.57. The Bertz CT molecular complexity index is 1260. The van der Waals surface area contributed by atoms with Gasteiger partial charge in [0.2, 0.25) is 5.91 Å². The fourth-order valence-electron chi connectivity index (χ4n) is 2.94. The van der Waals surface area contributed by atoms with Crippen LogP contribution in [0.1, 0.15) is 11.4 Å². The number of hydrogen-bond donors (Lipinski definition) is 1. The summed E-state index contributed by atoms with van der Waals surface area (Å²) in [6, 6.07) is 16.2. The Hall–Kier alpha value is -3.57. The van der Waals surface area contributed by atoms with E-state index < -0.39 is 4.92 Å². The maximum atomic E-state index is 12.4. The summed E-state index contributed by atoms with van der Waals surface area (Å²) in [6.45, 7) is 2.51. The number of anilines is 1. The van der Waals surface area contributed by atoms with Gasteiger partial charge in [-0.25, -0.2) is 4.98 Å². The monoisotopic (exact) mass is 466 g/mol. The van der Waals surface area contributed by atoms with Gasteiger partial charge in [-0.3, -0.25) is 14.9 Å². The smallest absolute Gasteiger partial charge is 0.270 e. The molecule has 2 heterocycles. The van der Waals surface area contributed by atoms with E-state index in [1.54, 1.807) is 17.5 Å². The third-order valence-corrected chi connectivity index (χ3v) is 6.25. The lowest BCUT2D eigenvalue weighted by Crippen LogP contribution is -2.14. The number of nitrogens with one attached hydrogen (secondary N) is 1. The molecule has 0 spiro atoms. The van der Waals surface area contributed by atoms with Gasteiger partial charge < -0.3 is 9.88 Å². The molecule has 9 nitrogen and oxygen atoms in total. The van der Waals surface area contributed by atoms with Gasteiger partial charge in [0.1, 0.15) is 5.82 Å². The number of aromatic nitrogens is 4. The van der Waals surface area contributed by atoms with E-state index >= 15 is 0 Å². The lowest BCUT2D eigenvalue weighted by Gasteiger charge is -2.08. The lowest BCUT2D eigenvalue weighted by molar-refractivity contribution is -0.384. The number of nitro benzene ring substituents is 1. The molecule has 4 rings (SSSR count). The van der Waals surface area contributed by atoms with Crippen molar-refractivity contribution in [2.24, 2.45) is 0 Å². The highest BCUT2D eigenvalue weighted by Crippen LogP contribution is 2.28. The molecule has 0 atom stereocenters. The quantitative estimate of drug-likeness (QED) is 0.232. The van der Waals surface area contributed by atoms with Crippen LogP contribution in [0.5, 0.6) is 0 Å². The highest BCUT2D eigenvalue weighted by atomic mass is 32.2. The molecule has 11 heteroatoms. The molecule has 32 heavy (non-hydrogen) atoms. The summed E-state index contributed by atoms with van der Waals surface area (Å²) >= 11 is 2.56. The van der Waals surface area contributed by atoms with E-state index in [0.717, 1.165) is 11.4 Å². The maximum absolute atomic E-state index is 12.4. The molecule has 162 valence electrons. The molecule has 1 amide bonds. The fraction of sp³-hybridized carbons (Fsp3) is 0.143. The Morgan fingerprint density at radius 2 is 2.00 bits per heavy atom. The summed E-state index contributed by atoms with van der Waals surface area (Å²) in [7, 11) is 0. The van der Waals surface area contributed by atoms with Crippen molar-refractivity contribution < 1.29 is 9.72 Å². The van der Waals surface area contributed by atoms with Gasteiger partial charge in [-0.1, -0.05) is 54.2 Å². The first kappa shape index (κ1) is 21.7. The van der Waals surface area contributed by atoms with Gasteiger partial charge in [-0.15, -0.1) is 21.5 Å². The predicted octanol–water partition coefficient (Wildman–Crippen LogP) is 4.40. The van der Waals surface area contributed by atoms with E-state index in [4.69, 9.17) is 0 Å². The van der Waals surface area contributed by atoms with Crippen LogP contribution in [0, 0.1) is 17.0 Å². The first-order chi connectivity index (χ1) is 15.5. The average molecular weight is 467 g/mol. The van der Waals surface area contributed by atoms with Crippen molar-refractivity contribution in [2.45, 2.75) is 18.6 Å². The summed E-state index contributed by atoms with van der Waals surface area (Å²) < 4.78 is 1.97. The summed E-state index contributed by atoms with van der Waals surface area (Å²) in [5.74, 6) is 0.707. The number of nitro groups is 1. The third kappa shape index (κ3) is 5.18. The Labute approximate surface area is 191 Å². The number of aryl methyl sites for hydroxylation is 1. The second-order valence-electron chi connectivity index (χ2n) is 6.78. The highest BCUT2D eigenvalue weighted by Gasteiger charge is 2.14. The second kappa shape index (κ2) is 9.71. The number of rotatable bonds is 8. The molecule has 0 aliphatic rings. The number of non-ortho nitro benzene ring substituents is 1. The zero-order valence-corrected chi connectivity index (χ0v) is 18.6. The first-order valence-corrected chi connectivity index (χ1v) is 11.4. The zero-order valence-electron chi connectivity index (χ0n) is 17.0. The van der Waals surface area contributed by atoms with Crippen molar-refractivity contribution >= 4 is 39.8 Å². The Balaban J connectivity index is 1.38. The molecule has 0 aliphatic heterocycles. The van der Waals surface area contributed by atoms with Crippen LogP contribution in [-0.2, 0) is 11.3 Å². The van der Waals surface area contributed by atoms with E-state index in [2.05, 4.69) is 20.5 Å². The number of nitrogens with zero attached hydrogens (tertiary/aromatic N) is 5. The number of benzene rings is 2. The lowest BCUT2D eigenvalue weighted by atomic mass is 10.1. The van der Waals surface area contributed by atoms with Gasteiger partial charge in [0, 0.05) is 23.1 Å². The molecule has 0 fully saturated rings. The topological polar surface area (TPSA) is 116 Å². The Morgan fingerprint density at radius 3 is 2.78 bits per heavy atom. The van der Waals surface area contributed by atoms with Crippen LogP contribution >= 0.6 is 23.1 Å². The van der Waals surface area contributed by atoms with Gasteiger partial charge >= 0.3 is 0 Å². The fourth-order valence-corrected chi connectivity index (χ4v) is 4.46. The van der Waals surface area contributed by atoms with Crippen molar-refractivity contribution in [3.8, 4) is 11.3 Å². The van der Waals surface area contributed by atoms with E-state index in [1.807, 2.05) is 41.8 Å². The zero-order chi connectivity index (χ0) is 22.5. The molecule has 0 saturated heterocycles. The van der Waals surface area contributed by atoms with Crippen molar-refractivity contribution in [2.75, 3.05) is 11.1 Å². The van der Waals surface area contributed by atoms with Gasteiger partial charge in [0.05, 0.1) is 22.9 Å². The summed E-state index contributed by atoms with van der Waals surface area (Å²) in [4.78, 5) is 27.3. The number of carbonyl (C=O) groups is 1. The van der Waals surface area contributed by atoms with E-state index in [-0.39, 0.29) is 17.3 Å². The molecule has 2 aromatic heterocycles. The van der Waals surface area contributed by atoms with Crippen LogP contribution in [-0.4, -0.2) is 36.3 Å². The second-order valence-corrected chi connectivity index (χ2v) is 8.58.